The maximum atomic E-state index is 12.6. The number of aliphatic hydroxyl groups excluding tert-OH is 1. The fourth-order valence-corrected chi connectivity index (χ4v) is 2.81. The van der Waals surface area contributed by atoms with E-state index in [-0.39, 0.29) is 17.9 Å². The summed E-state index contributed by atoms with van der Waals surface area (Å²) in [7, 11) is 1.54. The Morgan fingerprint density at radius 3 is 2.74 bits per heavy atom. The third-order valence-corrected chi connectivity index (χ3v) is 4.23. The Balaban J connectivity index is 1.69. The molecule has 3 rings (SSSR count). The number of benzene rings is 2. The SMILES string of the molecule is C=CCOc1cc(-c2nc(CNC(O)c3ccccc3OC(F)F)co2)ccc1OC. The molecule has 0 spiro atoms. The molecular weight excluding hydrogens is 410 g/mol. The molecule has 0 amide bonds. The minimum Gasteiger partial charge on any atom is -0.493 e. The van der Waals surface area contributed by atoms with Gasteiger partial charge in [-0.15, -0.1) is 0 Å². The van der Waals surface area contributed by atoms with Crippen LogP contribution in [0.1, 0.15) is 17.5 Å². The fraction of sp³-hybridized carbons (Fsp3) is 0.227. The zero-order chi connectivity index (χ0) is 22.2. The molecule has 2 N–H and O–H groups in total. The van der Waals surface area contributed by atoms with Crippen molar-refractivity contribution in [3.63, 3.8) is 0 Å². The predicted molar refractivity (Wildman–Crippen MR) is 109 cm³/mol. The lowest BCUT2D eigenvalue weighted by molar-refractivity contribution is -0.0519. The Hall–Kier alpha value is -3.43. The molecule has 0 bridgehead atoms. The maximum absolute atomic E-state index is 12.6. The van der Waals surface area contributed by atoms with Crippen LogP contribution < -0.4 is 19.5 Å². The van der Waals surface area contributed by atoms with Crippen LogP contribution in [0.5, 0.6) is 17.2 Å². The van der Waals surface area contributed by atoms with E-state index in [1.54, 1.807) is 43.5 Å². The molecule has 0 fully saturated rings. The monoisotopic (exact) mass is 432 g/mol. The number of aromatic nitrogens is 1. The molecule has 7 nitrogen and oxygen atoms in total. The number of methoxy groups -OCH3 is 1. The molecule has 0 aliphatic carbocycles. The third kappa shape index (κ3) is 5.80. The minimum absolute atomic E-state index is 0.108. The first-order chi connectivity index (χ1) is 15.0. The van der Waals surface area contributed by atoms with Crippen LogP contribution in [0.25, 0.3) is 11.5 Å². The normalized spacial score (nSPS) is 11.9. The third-order valence-electron chi connectivity index (χ3n) is 4.23. The number of oxazole rings is 1. The van der Waals surface area contributed by atoms with E-state index >= 15 is 0 Å². The molecule has 1 aromatic heterocycles. The number of rotatable bonds is 11. The Morgan fingerprint density at radius 2 is 2.00 bits per heavy atom. The molecule has 0 aliphatic rings. The van der Waals surface area contributed by atoms with Crippen molar-refractivity contribution < 1.29 is 32.5 Å². The number of para-hydroxylation sites is 1. The van der Waals surface area contributed by atoms with Gasteiger partial charge >= 0.3 is 6.61 Å². The van der Waals surface area contributed by atoms with Gasteiger partial charge < -0.3 is 23.7 Å². The van der Waals surface area contributed by atoms with Gasteiger partial charge in [-0.25, -0.2) is 4.98 Å². The number of alkyl halides is 2. The van der Waals surface area contributed by atoms with E-state index in [4.69, 9.17) is 13.9 Å². The second-order valence-electron chi connectivity index (χ2n) is 6.31. The van der Waals surface area contributed by atoms with Gasteiger partial charge in [0.15, 0.2) is 11.5 Å². The summed E-state index contributed by atoms with van der Waals surface area (Å²) >= 11 is 0. The average molecular weight is 432 g/mol. The van der Waals surface area contributed by atoms with E-state index in [0.29, 0.717) is 35.3 Å². The molecule has 1 atom stereocenters. The van der Waals surface area contributed by atoms with Crippen molar-refractivity contribution in [1.82, 2.24) is 10.3 Å². The van der Waals surface area contributed by atoms with Crippen molar-refractivity contribution in [2.75, 3.05) is 13.7 Å². The predicted octanol–water partition coefficient (Wildman–Crippen LogP) is 4.30. The lowest BCUT2D eigenvalue weighted by Crippen LogP contribution is -2.21. The maximum Gasteiger partial charge on any atom is 0.387 e. The molecule has 164 valence electrons. The zero-order valence-electron chi connectivity index (χ0n) is 16.8. The van der Waals surface area contributed by atoms with Gasteiger partial charge in [0.2, 0.25) is 5.89 Å². The summed E-state index contributed by atoms with van der Waals surface area (Å²) in [4.78, 5) is 4.39. The molecule has 1 heterocycles. The summed E-state index contributed by atoms with van der Waals surface area (Å²) in [5, 5.41) is 13.1. The largest absolute Gasteiger partial charge is 0.493 e. The van der Waals surface area contributed by atoms with Gasteiger partial charge in [0.1, 0.15) is 24.8 Å². The van der Waals surface area contributed by atoms with Gasteiger partial charge in [0.25, 0.3) is 0 Å². The smallest absolute Gasteiger partial charge is 0.387 e. The van der Waals surface area contributed by atoms with Gasteiger partial charge in [-0.1, -0.05) is 30.9 Å². The van der Waals surface area contributed by atoms with Crippen LogP contribution in [0.3, 0.4) is 0 Å². The highest BCUT2D eigenvalue weighted by molar-refractivity contribution is 5.60. The number of hydrogen-bond acceptors (Lipinski definition) is 7. The first kappa shape index (κ1) is 22.3. The molecular formula is C22H22F2N2O5. The van der Waals surface area contributed by atoms with Gasteiger partial charge in [0.05, 0.1) is 12.8 Å². The van der Waals surface area contributed by atoms with Crippen LogP contribution in [0, 0.1) is 0 Å². The van der Waals surface area contributed by atoms with E-state index in [2.05, 4.69) is 21.6 Å². The second kappa shape index (κ2) is 10.6. The number of aliphatic hydroxyl groups is 1. The molecule has 31 heavy (non-hydrogen) atoms. The van der Waals surface area contributed by atoms with E-state index in [0.717, 1.165) is 0 Å². The number of nitrogens with zero attached hydrogens (tertiary/aromatic N) is 1. The topological polar surface area (TPSA) is 86.0 Å². The molecule has 1 unspecified atom stereocenters. The zero-order valence-corrected chi connectivity index (χ0v) is 16.8. The van der Waals surface area contributed by atoms with E-state index in [9.17, 15) is 13.9 Å². The Labute approximate surface area is 177 Å². The molecule has 0 radical (unpaired) electrons. The lowest BCUT2D eigenvalue weighted by Gasteiger charge is -2.16. The van der Waals surface area contributed by atoms with Gasteiger partial charge in [-0.3, -0.25) is 5.32 Å². The molecule has 0 aliphatic heterocycles. The molecule has 3 aromatic rings. The van der Waals surface area contributed by atoms with Crippen LogP contribution in [0.15, 0.2) is 65.8 Å². The highest BCUT2D eigenvalue weighted by Crippen LogP contribution is 2.32. The van der Waals surface area contributed by atoms with Crippen LogP contribution in [0.4, 0.5) is 8.78 Å². The van der Waals surface area contributed by atoms with Gasteiger partial charge in [-0.05, 0) is 24.3 Å². The van der Waals surface area contributed by atoms with Crippen molar-refractivity contribution in [2.45, 2.75) is 19.4 Å². The quantitative estimate of drug-likeness (QED) is 0.345. The Morgan fingerprint density at radius 1 is 1.19 bits per heavy atom. The summed E-state index contributed by atoms with van der Waals surface area (Å²) in [6.45, 7) is 1.08. The summed E-state index contributed by atoms with van der Waals surface area (Å²) in [6, 6.07) is 11.2. The Kier molecular flexibility index (Phi) is 7.58. The van der Waals surface area contributed by atoms with Crippen molar-refractivity contribution in [3.05, 3.63) is 72.6 Å². The summed E-state index contributed by atoms with van der Waals surface area (Å²) in [5.74, 6) is 1.32. The Bertz CT molecular complexity index is 1010. The highest BCUT2D eigenvalue weighted by atomic mass is 19.3. The average Bonchev–Trinajstić information content (AvgIpc) is 3.25. The standard InChI is InChI=1S/C22H22F2N2O5/c1-3-10-29-19-11-14(8-9-18(19)28-2)21-26-15(13-30-21)12-25-20(27)16-6-4-5-7-17(16)31-22(23)24/h3-9,11,13,20,22,25,27H,1,10,12H2,2H3. The van der Waals surface area contributed by atoms with E-state index in [1.165, 1.54) is 18.4 Å². The molecule has 0 saturated heterocycles. The van der Waals surface area contributed by atoms with Crippen molar-refractivity contribution in [1.29, 1.82) is 0 Å². The van der Waals surface area contributed by atoms with Crippen LogP contribution in [0.2, 0.25) is 0 Å². The van der Waals surface area contributed by atoms with Gasteiger partial charge in [-0.2, -0.15) is 8.78 Å². The van der Waals surface area contributed by atoms with Crippen molar-refractivity contribution in [3.8, 4) is 28.7 Å². The van der Waals surface area contributed by atoms with Crippen LogP contribution in [-0.4, -0.2) is 30.4 Å². The molecule has 9 heteroatoms. The summed E-state index contributed by atoms with van der Waals surface area (Å²) < 4.78 is 45.9. The first-order valence-corrected chi connectivity index (χ1v) is 9.33. The number of ether oxygens (including phenoxy) is 3. The van der Waals surface area contributed by atoms with Crippen LogP contribution in [-0.2, 0) is 6.54 Å². The molecule has 0 saturated carbocycles. The summed E-state index contributed by atoms with van der Waals surface area (Å²) in [6.07, 6.45) is 1.82. The number of hydrogen-bond donors (Lipinski definition) is 2. The van der Waals surface area contributed by atoms with Crippen LogP contribution >= 0.6 is 0 Å². The fourth-order valence-electron chi connectivity index (χ4n) is 2.81. The number of halogens is 2. The number of nitrogens with one attached hydrogen (secondary N) is 1. The first-order valence-electron chi connectivity index (χ1n) is 9.33. The van der Waals surface area contributed by atoms with Crippen molar-refractivity contribution >= 4 is 0 Å². The molecule has 2 aromatic carbocycles. The van der Waals surface area contributed by atoms with Gasteiger partial charge in [0, 0.05) is 17.7 Å². The highest BCUT2D eigenvalue weighted by Gasteiger charge is 2.17. The lowest BCUT2D eigenvalue weighted by atomic mass is 10.1. The van der Waals surface area contributed by atoms with E-state index in [1.807, 2.05) is 0 Å². The minimum atomic E-state index is -2.99. The van der Waals surface area contributed by atoms with E-state index < -0.39 is 12.8 Å². The second-order valence-corrected chi connectivity index (χ2v) is 6.31. The van der Waals surface area contributed by atoms with Crippen molar-refractivity contribution in [2.24, 2.45) is 0 Å². The summed E-state index contributed by atoms with van der Waals surface area (Å²) in [5.41, 5.74) is 1.36.